The van der Waals surface area contributed by atoms with Crippen molar-refractivity contribution in [3.8, 4) is 5.75 Å². The first-order chi connectivity index (χ1) is 11.0. The normalized spacial score (nSPS) is 12.1. The van der Waals surface area contributed by atoms with Gasteiger partial charge in [0.05, 0.1) is 0 Å². The summed E-state index contributed by atoms with van der Waals surface area (Å²) in [6.07, 6.45) is 0. The van der Waals surface area contributed by atoms with Crippen LogP contribution in [0.3, 0.4) is 0 Å². The van der Waals surface area contributed by atoms with Crippen LogP contribution in [0.1, 0.15) is 36.7 Å². The van der Waals surface area contributed by atoms with E-state index in [0.717, 1.165) is 0 Å². The summed E-state index contributed by atoms with van der Waals surface area (Å²) in [6.45, 7) is 10.7. The number of carbonyl (C=O) groups is 1. The van der Waals surface area contributed by atoms with E-state index in [1.165, 1.54) is 18.2 Å². The van der Waals surface area contributed by atoms with Crippen molar-refractivity contribution in [1.29, 1.82) is 0 Å². The van der Waals surface area contributed by atoms with Gasteiger partial charge >= 0.3 is 0 Å². The summed E-state index contributed by atoms with van der Waals surface area (Å²) in [4.78, 5) is 12.6. The Balaban J connectivity index is 2.37. The Bertz CT molecular complexity index is 766. The minimum atomic E-state index is -2.02. The Kier molecular flexibility index (Phi) is 4.85. The van der Waals surface area contributed by atoms with Crippen LogP contribution in [0.5, 0.6) is 5.75 Å². The predicted octanol–water partition coefficient (Wildman–Crippen LogP) is 5.02. The van der Waals surface area contributed by atoms with Gasteiger partial charge in [-0.1, -0.05) is 32.9 Å². The molecule has 0 heterocycles. The molecular formula is C19H24FNO2Si. The third-order valence-electron chi connectivity index (χ3n) is 4.54. The van der Waals surface area contributed by atoms with Crippen molar-refractivity contribution in [2.24, 2.45) is 0 Å². The zero-order valence-electron chi connectivity index (χ0n) is 14.8. The number of carbonyl (C=O) groups excluding carboxylic acids is 1. The summed E-state index contributed by atoms with van der Waals surface area (Å²) < 4.78 is 19.6. The van der Waals surface area contributed by atoms with Crippen molar-refractivity contribution >= 4 is 19.8 Å². The lowest BCUT2D eigenvalue weighted by molar-refractivity contribution is 0.103. The average Bonchev–Trinajstić information content (AvgIpc) is 2.47. The number of hydrogen-bond acceptors (Lipinski definition) is 3. The molecule has 24 heavy (non-hydrogen) atoms. The first-order valence-electron chi connectivity index (χ1n) is 7.90. The molecule has 0 aliphatic heterocycles. The van der Waals surface area contributed by atoms with E-state index in [-0.39, 0.29) is 16.4 Å². The molecule has 0 atom stereocenters. The van der Waals surface area contributed by atoms with Gasteiger partial charge in [-0.05, 0) is 48.5 Å². The Morgan fingerprint density at radius 2 is 1.79 bits per heavy atom. The molecule has 5 heteroatoms. The Hall–Kier alpha value is -2.14. The molecule has 0 spiro atoms. The van der Waals surface area contributed by atoms with Gasteiger partial charge in [0.25, 0.3) is 0 Å². The molecule has 2 N–H and O–H groups in total. The quantitative estimate of drug-likeness (QED) is 0.481. The SMILES string of the molecule is CC(C)(C)[Si](C)(C)Oc1ccc(N)c(C(=O)c2cccc(F)c2)c1. The molecule has 0 fully saturated rings. The van der Waals surface area contributed by atoms with E-state index in [0.29, 0.717) is 17.0 Å². The molecular weight excluding hydrogens is 321 g/mol. The second-order valence-electron chi connectivity index (χ2n) is 7.45. The van der Waals surface area contributed by atoms with Gasteiger partial charge in [0, 0.05) is 16.8 Å². The van der Waals surface area contributed by atoms with E-state index in [1.54, 1.807) is 24.3 Å². The maximum Gasteiger partial charge on any atom is 0.250 e. The van der Waals surface area contributed by atoms with Gasteiger partial charge in [0.2, 0.25) is 8.32 Å². The smallest absolute Gasteiger partial charge is 0.250 e. The molecule has 0 radical (unpaired) electrons. The maximum absolute atomic E-state index is 13.4. The minimum Gasteiger partial charge on any atom is -0.543 e. The monoisotopic (exact) mass is 345 g/mol. The highest BCUT2D eigenvalue weighted by Crippen LogP contribution is 2.38. The fourth-order valence-electron chi connectivity index (χ4n) is 2.03. The van der Waals surface area contributed by atoms with Crippen LogP contribution in [-0.4, -0.2) is 14.1 Å². The summed E-state index contributed by atoms with van der Waals surface area (Å²) in [5.41, 5.74) is 6.91. The number of halogens is 1. The van der Waals surface area contributed by atoms with Crippen molar-refractivity contribution in [3.05, 3.63) is 59.4 Å². The summed E-state index contributed by atoms with van der Waals surface area (Å²) in [5.74, 6) is -0.142. The van der Waals surface area contributed by atoms with Crippen LogP contribution < -0.4 is 10.2 Å². The molecule has 0 amide bonds. The molecule has 0 saturated heterocycles. The van der Waals surface area contributed by atoms with Crippen molar-refractivity contribution in [2.75, 3.05) is 5.73 Å². The number of anilines is 1. The molecule has 0 aromatic heterocycles. The molecule has 128 valence electrons. The first kappa shape index (κ1) is 18.2. The van der Waals surface area contributed by atoms with E-state index < -0.39 is 14.1 Å². The molecule has 2 aromatic rings. The molecule has 2 aromatic carbocycles. The average molecular weight is 345 g/mol. The molecule has 0 saturated carbocycles. The van der Waals surface area contributed by atoms with E-state index in [9.17, 15) is 9.18 Å². The fourth-order valence-corrected chi connectivity index (χ4v) is 3.05. The topological polar surface area (TPSA) is 52.3 Å². The van der Waals surface area contributed by atoms with Crippen LogP contribution in [0.4, 0.5) is 10.1 Å². The highest BCUT2D eigenvalue weighted by Gasteiger charge is 2.39. The lowest BCUT2D eigenvalue weighted by Gasteiger charge is -2.36. The third kappa shape index (κ3) is 3.84. The number of benzene rings is 2. The second kappa shape index (κ2) is 6.40. The van der Waals surface area contributed by atoms with Crippen LogP contribution in [0.25, 0.3) is 0 Å². The molecule has 2 rings (SSSR count). The molecule has 0 bridgehead atoms. The lowest BCUT2D eigenvalue weighted by atomic mass is 10.0. The van der Waals surface area contributed by atoms with Gasteiger partial charge in [0.1, 0.15) is 11.6 Å². The zero-order chi connectivity index (χ0) is 18.1. The van der Waals surface area contributed by atoms with Crippen LogP contribution in [0.15, 0.2) is 42.5 Å². The molecule has 0 unspecified atom stereocenters. The third-order valence-corrected chi connectivity index (χ3v) is 8.89. The predicted molar refractivity (Wildman–Crippen MR) is 98.5 cm³/mol. The molecule has 0 aliphatic rings. The van der Waals surface area contributed by atoms with Crippen LogP contribution >= 0.6 is 0 Å². The van der Waals surface area contributed by atoms with E-state index in [4.69, 9.17) is 10.2 Å². The highest BCUT2D eigenvalue weighted by molar-refractivity contribution is 6.74. The largest absolute Gasteiger partial charge is 0.543 e. The van der Waals surface area contributed by atoms with Crippen molar-refractivity contribution in [1.82, 2.24) is 0 Å². The van der Waals surface area contributed by atoms with Crippen LogP contribution in [-0.2, 0) is 0 Å². The fraction of sp³-hybridized carbons (Fsp3) is 0.316. The Morgan fingerprint density at radius 1 is 1.12 bits per heavy atom. The molecule has 3 nitrogen and oxygen atoms in total. The lowest BCUT2D eigenvalue weighted by Crippen LogP contribution is -2.43. The second-order valence-corrected chi connectivity index (χ2v) is 12.2. The van der Waals surface area contributed by atoms with Gasteiger partial charge in [-0.2, -0.15) is 0 Å². The first-order valence-corrected chi connectivity index (χ1v) is 10.8. The maximum atomic E-state index is 13.4. The van der Waals surface area contributed by atoms with E-state index in [1.807, 2.05) is 0 Å². The number of rotatable bonds is 4. The zero-order valence-corrected chi connectivity index (χ0v) is 15.8. The number of nitrogen functional groups attached to an aromatic ring is 1. The summed E-state index contributed by atoms with van der Waals surface area (Å²) in [7, 11) is -2.02. The Labute approximate surface area is 143 Å². The summed E-state index contributed by atoms with van der Waals surface area (Å²) in [6, 6.07) is 10.7. The summed E-state index contributed by atoms with van der Waals surface area (Å²) >= 11 is 0. The van der Waals surface area contributed by atoms with E-state index >= 15 is 0 Å². The van der Waals surface area contributed by atoms with Crippen molar-refractivity contribution < 1.29 is 13.6 Å². The van der Waals surface area contributed by atoms with Crippen molar-refractivity contribution in [3.63, 3.8) is 0 Å². The number of hydrogen-bond donors (Lipinski definition) is 1. The number of ketones is 1. The summed E-state index contributed by atoms with van der Waals surface area (Å²) in [5, 5.41) is 0.0428. The van der Waals surface area contributed by atoms with Crippen LogP contribution in [0, 0.1) is 5.82 Å². The van der Waals surface area contributed by atoms with Gasteiger partial charge in [-0.3, -0.25) is 4.79 Å². The van der Waals surface area contributed by atoms with Gasteiger partial charge in [0.15, 0.2) is 5.78 Å². The highest BCUT2D eigenvalue weighted by atomic mass is 28.4. The van der Waals surface area contributed by atoms with Gasteiger partial charge in [-0.15, -0.1) is 0 Å². The molecule has 0 aliphatic carbocycles. The van der Waals surface area contributed by atoms with E-state index in [2.05, 4.69) is 33.9 Å². The minimum absolute atomic E-state index is 0.0428. The standard InChI is InChI=1S/C19H24FNO2Si/c1-19(2,3)24(4,5)23-15-9-10-17(21)16(12-15)18(22)13-7-6-8-14(20)11-13/h6-12H,21H2,1-5H3. The number of nitrogens with two attached hydrogens (primary N) is 1. The van der Waals surface area contributed by atoms with Crippen LogP contribution in [0.2, 0.25) is 18.1 Å². The Morgan fingerprint density at radius 3 is 2.38 bits per heavy atom. The van der Waals surface area contributed by atoms with Gasteiger partial charge in [-0.25, -0.2) is 4.39 Å². The van der Waals surface area contributed by atoms with Crippen molar-refractivity contribution in [2.45, 2.75) is 38.9 Å². The van der Waals surface area contributed by atoms with Gasteiger partial charge < -0.3 is 10.2 Å².